The third-order valence-corrected chi connectivity index (χ3v) is 3.18. The van der Waals surface area contributed by atoms with Gasteiger partial charge in [-0.3, -0.25) is 0 Å². The Labute approximate surface area is 123 Å². The lowest BCUT2D eigenvalue weighted by atomic mass is 10.00. The Bertz CT molecular complexity index is 658. The number of carboxylic acid groups (broad SMARTS) is 1. The van der Waals surface area contributed by atoms with Crippen LogP contribution >= 0.6 is 0 Å². The van der Waals surface area contributed by atoms with Crippen molar-refractivity contribution in [1.29, 1.82) is 0 Å². The molecular formula is C16H18N2O3. The van der Waals surface area contributed by atoms with Crippen molar-refractivity contribution < 1.29 is 15.0 Å². The number of aromatic carboxylic acids is 1. The van der Waals surface area contributed by atoms with Crippen LogP contribution in [0.15, 0.2) is 36.4 Å². The Morgan fingerprint density at radius 3 is 2.33 bits per heavy atom. The molecule has 0 bridgehead atoms. The van der Waals surface area contributed by atoms with E-state index >= 15 is 0 Å². The molecule has 0 radical (unpaired) electrons. The largest absolute Gasteiger partial charge is 0.478 e. The summed E-state index contributed by atoms with van der Waals surface area (Å²) in [5.41, 5.74) is 7.03. The fourth-order valence-electron chi connectivity index (χ4n) is 1.93. The van der Waals surface area contributed by atoms with Crippen LogP contribution in [-0.4, -0.2) is 21.2 Å². The van der Waals surface area contributed by atoms with Crippen molar-refractivity contribution in [3.63, 3.8) is 0 Å². The summed E-state index contributed by atoms with van der Waals surface area (Å²) in [6.45, 7) is 3.59. The van der Waals surface area contributed by atoms with E-state index < -0.39 is 11.6 Å². The highest BCUT2D eigenvalue weighted by atomic mass is 16.4. The lowest BCUT2D eigenvalue weighted by Crippen LogP contribution is -2.19. The van der Waals surface area contributed by atoms with Crippen molar-refractivity contribution in [2.75, 3.05) is 0 Å². The maximum absolute atomic E-state index is 11.2. The molecule has 2 aromatic rings. The number of hydrogen-bond donors (Lipinski definition) is 3. The van der Waals surface area contributed by atoms with Gasteiger partial charge in [0.25, 0.3) is 0 Å². The van der Waals surface area contributed by atoms with Gasteiger partial charge in [-0.15, -0.1) is 0 Å². The van der Waals surface area contributed by atoms with Crippen molar-refractivity contribution in [3.8, 4) is 11.3 Å². The molecular weight excluding hydrogens is 268 g/mol. The van der Waals surface area contributed by atoms with Gasteiger partial charge < -0.3 is 15.9 Å². The zero-order valence-corrected chi connectivity index (χ0v) is 12.0. The quantitative estimate of drug-likeness (QED) is 0.800. The Morgan fingerprint density at radius 1 is 1.24 bits per heavy atom. The van der Waals surface area contributed by atoms with Crippen molar-refractivity contribution in [2.45, 2.75) is 26.0 Å². The van der Waals surface area contributed by atoms with Gasteiger partial charge in [0.1, 0.15) is 5.60 Å². The van der Waals surface area contributed by atoms with E-state index in [4.69, 9.17) is 5.73 Å². The Balaban J connectivity index is 2.56. The minimum absolute atomic E-state index is 0.0972. The van der Waals surface area contributed by atoms with Crippen molar-refractivity contribution in [3.05, 3.63) is 53.2 Å². The summed E-state index contributed by atoms with van der Waals surface area (Å²) in [6.07, 6.45) is 0. The Hall–Kier alpha value is -2.24. The van der Waals surface area contributed by atoms with E-state index in [1.54, 1.807) is 13.8 Å². The molecule has 2 rings (SSSR count). The molecule has 21 heavy (non-hydrogen) atoms. The second-order valence-electron chi connectivity index (χ2n) is 5.39. The second-order valence-corrected chi connectivity index (χ2v) is 5.39. The number of pyridine rings is 1. The van der Waals surface area contributed by atoms with E-state index in [0.29, 0.717) is 17.9 Å². The number of nitrogens with two attached hydrogens (primary N) is 1. The summed E-state index contributed by atoms with van der Waals surface area (Å²) in [6, 6.07) is 10.3. The van der Waals surface area contributed by atoms with Crippen LogP contribution in [0.2, 0.25) is 0 Å². The second kappa shape index (κ2) is 5.63. The zero-order chi connectivity index (χ0) is 15.6. The smallest absolute Gasteiger partial charge is 0.335 e. The fraction of sp³-hybridized carbons (Fsp3) is 0.250. The van der Waals surface area contributed by atoms with Gasteiger partial charge in [-0.05, 0) is 31.5 Å². The molecule has 0 aliphatic heterocycles. The molecule has 0 amide bonds. The number of carbonyl (C=O) groups is 1. The molecule has 110 valence electrons. The standard InChI is InChI=1S/C16H18N2O3/c1-16(2,21)14-8-12(15(19)20)7-13(18-14)11-5-3-10(9-17)4-6-11/h3-8,21H,9,17H2,1-2H3,(H,19,20). The topological polar surface area (TPSA) is 96.4 Å². The maximum Gasteiger partial charge on any atom is 0.335 e. The summed E-state index contributed by atoms with van der Waals surface area (Å²) >= 11 is 0. The average Bonchev–Trinajstić information content (AvgIpc) is 2.46. The lowest BCUT2D eigenvalue weighted by Gasteiger charge is -2.18. The number of hydrogen-bond acceptors (Lipinski definition) is 4. The van der Waals surface area contributed by atoms with Gasteiger partial charge in [-0.25, -0.2) is 9.78 Å². The lowest BCUT2D eigenvalue weighted by molar-refractivity contribution is 0.0688. The van der Waals surface area contributed by atoms with Gasteiger partial charge in [0, 0.05) is 12.1 Å². The van der Waals surface area contributed by atoms with Gasteiger partial charge in [-0.1, -0.05) is 24.3 Å². The van der Waals surface area contributed by atoms with Crippen LogP contribution in [0.5, 0.6) is 0 Å². The molecule has 4 N–H and O–H groups in total. The molecule has 5 nitrogen and oxygen atoms in total. The number of aromatic nitrogens is 1. The predicted octanol–water partition coefficient (Wildman–Crippen LogP) is 2.13. The molecule has 0 spiro atoms. The van der Waals surface area contributed by atoms with E-state index in [1.165, 1.54) is 12.1 Å². The molecule has 0 aliphatic carbocycles. The van der Waals surface area contributed by atoms with E-state index in [2.05, 4.69) is 4.98 Å². The SMILES string of the molecule is CC(C)(O)c1cc(C(=O)O)cc(-c2ccc(CN)cc2)n1. The van der Waals surface area contributed by atoms with E-state index in [-0.39, 0.29) is 5.56 Å². The number of carboxylic acids is 1. The number of aliphatic hydroxyl groups is 1. The van der Waals surface area contributed by atoms with Gasteiger partial charge in [0.05, 0.1) is 17.0 Å². The van der Waals surface area contributed by atoms with Gasteiger partial charge in [-0.2, -0.15) is 0 Å². The number of rotatable bonds is 4. The number of nitrogens with zero attached hydrogens (tertiary/aromatic N) is 1. The first kappa shape index (κ1) is 15.2. The summed E-state index contributed by atoms with van der Waals surface area (Å²) in [5.74, 6) is -1.05. The van der Waals surface area contributed by atoms with E-state index in [1.807, 2.05) is 24.3 Å². The predicted molar refractivity (Wildman–Crippen MR) is 79.8 cm³/mol. The molecule has 0 saturated carbocycles. The molecule has 0 saturated heterocycles. The summed E-state index contributed by atoms with van der Waals surface area (Å²) in [7, 11) is 0. The first-order valence-electron chi connectivity index (χ1n) is 6.59. The summed E-state index contributed by atoms with van der Waals surface area (Å²) < 4.78 is 0. The molecule has 1 aromatic carbocycles. The van der Waals surface area contributed by atoms with Crippen molar-refractivity contribution >= 4 is 5.97 Å². The normalized spacial score (nSPS) is 11.4. The van der Waals surface area contributed by atoms with Crippen LogP contribution in [0.1, 0.15) is 35.5 Å². The maximum atomic E-state index is 11.2. The molecule has 0 atom stereocenters. The van der Waals surface area contributed by atoms with Crippen molar-refractivity contribution in [1.82, 2.24) is 4.98 Å². The van der Waals surface area contributed by atoms with Crippen LogP contribution in [0, 0.1) is 0 Å². The van der Waals surface area contributed by atoms with E-state index in [9.17, 15) is 15.0 Å². The molecule has 1 heterocycles. The minimum Gasteiger partial charge on any atom is -0.478 e. The highest BCUT2D eigenvalue weighted by molar-refractivity contribution is 5.89. The van der Waals surface area contributed by atoms with Crippen LogP contribution in [0.25, 0.3) is 11.3 Å². The molecule has 1 aromatic heterocycles. The first-order valence-corrected chi connectivity index (χ1v) is 6.59. The Morgan fingerprint density at radius 2 is 1.86 bits per heavy atom. The molecule has 0 aliphatic rings. The van der Waals surface area contributed by atoms with Crippen LogP contribution in [0.3, 0.4) is 0 Å². The molecule has 0 fully saturated rings. The fourth-order valence-corrected chi connectivity index (χ4v) is 1.93. The zero-order valence-electron chi connectivity index (χ0n) is 12.0. The Kier molecular flexibility index (Phi) is 4.06. The van der Waals surface area contributed by atoms with Crippen LogP contribution in [-0.2, 0) is 12.1 Å². The van der Waals surface area contributed by atoms with Crippen LogP contribution in [0.4, 0.5) is 0 Å². The monoisotopic (exact) mass is 286 g/mol. The van der Waals surface area contributed by atoms with Gasteiger partial charge in [0.2, 0.25) is 0 Å². The summed E-state index contributed by atoms with van der Waals surface area (Å²) in [4.78, 5) is 15.6. The average molecular weight is 286 g/mol. The highest BCUT2D eigenvalue weighted by Gasteiger charge is 2.21. The van der Waals surface area contributed by atoms with E-state index in [0.717, 1.165) is 11.1 Å². The first-order chi connectivity index (χ1) is 9.81. The van der Waals surface area contributed by atoms with Crippen LogP contribution < -0.4 is 5.73 Å². The molecule has 0 unspecified atom stereocenters. The number of benzene rings is 1. The van der Waals surface area contributed by atoms with Gasteiger partial charge in [0.15, 0.2) is 0 Å². The van der Waals surface area contributed by atoms with Gasteiger partial charge >= 0.3 is 5.97 Å². The summed E-state index contributed by atoms with van der Waals surface area (Å²) in [5, 5.41) is 19.3. The third-order valence-electron chi connectivity index (χ3n) is 3.18. The minimum atomic E-state index is -1.21. The molecule has 5 heteroatoms. The highest BCUT2D eigenvalue weighted by Crippen LogP contribution is 2.25. The third kappa shape index (κ3) is 3.45. The van der Waals surface area contributed by atoms with Crippen molar-refractivity contribution in [2.24, 2.45) is 5.73 Å².